The minimum Gasteiger partial charge on any atom is -0.504 e. The van der Waals surface area contributed by atoms with Crippen molar-refractivity contribution in [2.75, 3.05) is 27.2 Å². The van der Waals surface area contributed by atoms with Gasteiger partial charge in [-0.15, -0.1) is 0 Å². The quantitative estimate of drug-likeness (QED) is 0.241. The van der Waals surface area contributed by atoms with Crippen molar-refractivity contribution in [1.82, 2.24) is 15.5 Å². The van der Waals surface area contributed by atoms with Crippen molar-refractivity contribution in [3.63, 3.8) is 0 Å². The van der Waals surface area contributed by atoms with E-state index in [1.165, 1.54) is 5.56 Å². The van der Waals surface area contributed by atoms with E-state index in [0.29, 0.717) is 31.6 Å². The van der Waals surface area contributed by atoms with Gasteiger partial charge in [-0.25, -0.2) is 4.79 Å². The van der Waals surface area contributed by atoms with Crippen LogP contribution in [0.4, 0.5) is 4.79 Å². The number of rotatable bonds is 11. The fourth-order valence-electron chi connectivity index (χ4n) is 8.65. The molecule has 2 aromatic carbocycles. The Balaban J connectivity index is 1.16. The summed E-state index contributed by atoms with van der Waals surface area (Å²) in [5.74, 6) is 0.426. The van der Waals surface area contributed by atoms with Gasteiger partial charge in [0.05, 0.1) is 11.0 Å². The van der Waals surface area contributed by atoms with Crippen LogP contribution in [-0.2, 0) is 37.4 Å². The van der Waals surface area contributed by atoms with Crippen molar-refractivity contribution in [2.24, 2.45) is 0 Å². The van der Waals surface area contributed by atoms with Crippen molar-refractivity contribution in [3.8, 4) is 11.5 Å². The largest absolute Gasteiger partial charge is 0.504 e. The molecule has 2 aliphatic carbocycles. The standard InChI is InChI=1S/C36H49N3O7/c1-34(2,3)46-32(41)26(13-9-10-19-37-33(42)44-22-23-11-7-6-8-12-23)38-25-16-17-36(43-5)28-21-24-14-15-27(40)30-29(24)35(36,31(25)45-30)18-20-39(28)4/h6-8,11-12,14-15,25-26,28,31,38,40H,9-10,13,16-22H2,1-5H3,(H,37,42)/t25-,26+,28-,31+,35+,36-/m1/s1. The van der Waals surface area contributed by atoms with Gasteiger partial charge in [-0.2, -0.15) is 0 Å². The molecule has 2 heterocycles. The number of unbranched alkanes of at least 4 members (excludes halogenated alkanes) is 1. The second-order valence-corrected chi connectivity index (χ2v) is 14.4. The Kier molecular flexibility index (Phi) is 8.99. The molecular weight excluding hydrogens is 586 g/mol. The van der Waals surface area contributed by atoms with Gasteiger partial charge in [0.15, 0.2) is 11.5 Å². The number of likely N-dealkylation sites (N-methyl/N-ethyl adjacent to an activating group) is 1. The molecule has 0 aromatic heterocycles. The normalized spacial score (nSPS) is 28.5. The minimum atomic E-state index is -0.636. The third-order valence-electron chi connectivity index (χ3n) is 10.6. The summed E-state index contributed by atoms with van der Waals surface area (Å²) >= 11 is 0. The van der Waals surface area contributed by atoms with Crippen LogP contribution in [0.15, 0.2) is 42.5 Å². The van der Waals surface area contributed by atoms with Crippen LogP contribution in [-0.4, -0.2) is 84.7 Å². The van der Waals surface area contributed by atoms with E-state index >= 15 is 0 Å². The molecule has 1 amide bonds. The monoisotopic (exact) mass is 635 g/mol. The van der Waals surface area contributed by atoms with Crippen LogP contribution in [0.3, 0.4) is 0 Å². The van der Waals surface area contributed by atoms with Crippen LogP contribution in [0.2, 0.25) is 0 Å². The number of nitrogens with zero attached hydrogens (tertiary/aromatic N) is 1. The lowest BCUT2D eigenvalue weighted by atomic mass is 9.48. The number of likely N-dealkylation sites (tertiary alicyclic amines) is 1. The second-order valence-electron chi connectivity index (χ2n) is 14.4. The predicted molar refractivity (Wildman–Crippen MR) is 173 cm³/mol. The van der Waals surface area contributed by atoms with Crippen LogP contribution in [0.5, 0.6) is 11.5 Å². The third kappa shape index (κ3) is 5.73. The SMILES string of the molecule is CO[C@@]12CC[C@@H](N[C@@H](CCCCNC(=O)OCc3ccccc3)C(=O)OC(C)(C)C)[C@@H]3Oc4c(O)ccc5c4[C@@]31CCN(C)[C@@H]2C5. The van der Waals surface area contributed by atoms with E-state index in [0.717, 1.165) is 43.4 Å². The maximum atomic E-state index is 13.6. The molecule has 46 heavy (non-hydrogen) atoms. The smallest absolute Gasteiger partial charge is 0.407 e. The highest BCUT2D eigenvalue weighted by atomic mass is 16.6. The third-order valence-corrected chi connectivity index (χ3v) is 10.6. The zero-order chi connectivity index (χ0) is 32.7. The molecule has 0 unspecified atom stereocenters. The summed E-state index contributed by atoms with van der Waals surface area (Å²) in [6.45, 7) is 7.18. The molecule has 250 valence electrons. The highest BCUT2D eigenvalue weighted by molar-refractivity contribution is 5.76. The number of carbonyl (C=O) groups excluding carboxylic acids is 2. The number of phenolic OH excluding ortho intramolecular Hbond substituents is 1. The number of amides is 1. The topological polar surface area (TPSA) is 119 Å². The van der Waals surface area contributed by atoms with Gasteiger partial charge in [0.25, 0.3) is 0 Å². The van der Waals surface area contributed by atoms with Gasteiger partial charge in [0.2, 0.25) is 0 Å². The van der Waals surface area contributed by atoms with Crippen molar-refractivity contribution < 1.29 is 33.6 Å². The molecular formula is C36H49N3O7. The number of carbonyl (C=O) groups is 2. The maximum Gasteiger partial charge on any atom is 0.407 e. The number of aromatic hydroxyl groups is 1. The molecule has 2 aliphatic heterocycles. The van der Waals surface area contributed by atoms with E-state index in [1.54, 1.807) is 6.07 Å². The van der Waals surface area contributed by atoms with Gasteiger partial charge < -0.3 is 34.3 Å². The minimum absolute atomic E-state index is 0.155. The Morgan fingerprint density at radius 2 is 1.91 bits per heavy atom. The molecule has 10 nitrogen and oxygen atoms in total. The summed E-state index contributed by atoms with van der Waals surface area (Å²) < 4.78 is 24.5. The molecule has 2 aromatic rings. The van der Waals surface area contributed by atoms with Crippen LogP contribution in [0.25, 0.3) is 0 Å². The van der Waals surface area contributed by atoms with Crippen LogP contribution < -0.4 is 15.4 Å². The maximum absolute atomic E-state index is 13.6. The number of hydrogen-bond donors (Lipinski definition) is 3. The molecule has 2 fully saturated rings. The van der Waals surface area contributed by atoms with Gasteiger partial charge in [0, 0.05) is 31.3 Å². The van der Waals surface area contributed by atoms with Gasteiger partial charge >= 0.3 is 12.1 Å². The number of methoxy groups -OCH3 is 1. The van der Waals surface area contributed by atoms with Crippen molar-refractivity contribution in [3.05, 3.63) is 59.2 Å². The summed E-state index contributed by atoms with van der Waals surface area (Å²) in [5, 5.41) is 17.5. The number of ether oxygens (including phenoxy) is 4. The molecule has 3 N–H and O–H groups in total. The predicted octanol–water partition coefficient (Wildman–Crippen LogP) is 4.60. The van der Waals surface area contributed by atoms with E-state index in [9.17, 15) is 14.7 Å². The van der Waals surface area contributed by atoms with Gasteiger partial charge in [-0.05, 0) is 96.5 Å². The first-order chi connectivity index (χ1) is 22.0. The molecule has 10 heteroatoms. The number of piperidine rings is 1. The molecule has 2 bridgehead atoms. The molecule has 0 radical (unpaired) electrons. The lowest BCUT2D eigenvalue weighted by molar-refractivity contribution is -0.204. The molecule has 1 spiro atoms. The van der Waals surface area contributed by atoms with E-state index in [-0.39, 0.29) is 36.5 Å². The number of nitrogens with one attached hydrogen (secondary N) is 2. The zero-order valence-corrected chi connectivity index (χ0v) is 27.8. The van der Waals surface area contributed by atoms with E-state index in [1.807, 2.05) is 64.3 Å². The summed E-state index contributed by atoms with van der Waals surface area (Å²) in [6.07, 6.45) is 4.38. The lowest BCUT2D eigenvalue weighted by Gasteiger charge is -2.65. The summed E-state index contributed by atoms with van der Waals surface area (Å²) in [7, 11) is 4.00. The average Bonchev–Trinajstić information content (AvgIpc) is 3.38. The number of phenols is 1. The zero-order valence-electron chi connectivity index (χ0n) is 27.8. The first-order valence-corrected chi connectivity index (χ1v) is 16.7. The van der Waals surface area contributed by atoms with E-state index < -0.39 is 28.8 Å². The van der Waals surface area contributed by atoms with Crippen molar-refractivity contribution >= 4 is 12.1 Å². The summed E-state index contributed by atoms with van der Waals surface area (Å²) in [6, 6.07) is 12.8. The highest BCUT2D eigenvalue weighted by Gasteiger charge is 2.73. The van der Waals surface area contributed by atoms with E-state index in [2.05, 4.69) is 22.6 Å². The fraction of sp³-hybridized carbons (Fsp3) is 0.611. The summed E-state index contributed by atoms with van der Waals surface area (Å²) in [4.78, 5) is 28.2. The number of hydrogen-bond acceptors (Lipinski definition) is 9. The fourth-order valence-corrected chi connectivity index (χ4v) is 8.65. The highest BCUT2D eigenvalue weighted by Crippen LogP contribution is 2.66. The lowest BCUT2D eigenvalue weighted by Crippen LogP contribution is -2.78. The van der Waals surface area contributed by atoms with Crippen molar-refractivity contribution in [2.45, 2.75) is 113 Å². The Bertz CT molecular complexity index is 1430. The van der Waals surface area contributed by atoms with Crippen LogP contribution in [0, 0.1) is 0 Å². The number of benzene rings is 2. The van der Waals surface area contributed by atoms with Crippen LogP contribution >= 0.6 is 0 Å². The van der Waals surface area contributed by atoms with E-state index in [4.69, 9.17) is 18.9 Å². The molecule has 6 rings (SSSR count). The van der Waals surface area contributed by atoms with Gasteiger partial charge in [-0.1, -0.05) is 36.4 Å². The average molecular weight is 636 g/mol. The first-order valence-electron chi connectivity index (χ1n) is 16.7. The Labute approximate surface area is 272 Å². The number of esters is 1. The second kappa shape index (κ2) is 12.7. The molecule has 4 aliphatic rings. The van der Waals surface area contributed by atoms with Gasteiger partial charge in [0.1, 0.15) is 24.4 Å². The Hall–Kier alpha value is -3.34. The Morgan fingerprint density at radius 3 is 2.65 bits per heavy atom. The summed E-state index contributed by atoms with van der Waals surface area (Å²) in [5.41, 5.74) is 1.69. The number of alkyl carbamates (subject to hydrolysis) is 1. The molecule has 1 saturated heterocycles. The first kappa shape index (κ1) is 32.6. The molecule has 6 atom stereocenters. The van der Waals surface area contributed by atoms with Crippen LogP contribution in [0.1, 0.15) is 76.0 Å². The van der Waals surface area contributed by atoms with Crippen molar-refractivity contribution in [1.29, 1.82) is 0 Å². The molecule has 1 saturated carbocycles. The van der Waals surface area contributed by atoms with Gasteiger partial charge in [-0.3, -0.25) is 10.1 Å². The Morgan fingerprint density at radius 1 is 1.13 bits per heavy atom.